The molecule has 1 amide bonds. The highest BCUT2D eigenvalue weighted by Gasteiger charge is 2.27. The Hall–Kier alpha value is -1.54. The number of rotatable bonds is 43. The maximum absolute atomic E-state index is 12.9. The Morgan fingerprint density at radius 1 is 0.586 bits per heavy atom. The van der Waals surface area contributed by atoms with Gasteiger partial charge in [-0.2, -0.15) is 0 Å². The van der Waals surface area contributed by atoms with E-state index in [1.807, 2.05) is 27.2 Å². The van der Waals surface area contributed by atoms with E-state index in [4.69, 9.17) is 9.05 Å². The number of hydrogen-bond donors (Lipinski definition) is 3. The van der Waals surface area contributed by atoms with Crippen LogP contribution in [0.4, 0.5) is 0 Å². The first kappa shape index (κ1) is 56.5. The van der Waals surface area contributed by atoms with Gasteiger partial charge in [0.2, 0.25) is 5.91 Å². The summed E-state index contributed by atoms with van der Waals surface area (Å²) in [4.78, 5) is 23.1. The third-order valence-corrected chi connectivity index (χ3v) is 11.5. The first-order chi connectivity index (χ1) is 28.0. The number of quaternary nitrogens is 1. The number of unbranched alkanes of at least 4 members (excludes halogenated alkanes) is 24. The molecule has 0 saturated carbocycles. The summed E-state index contributed by atoms with van der Waals surface area (Å²) >= 11 is 0. The number of amides is 1. The van der Waals surface area contributed by atoms with Gasteiger partial charge in [-0.1, -0.05) is 191 Å². The van der Waals surface area contributed by atoms with Gasteiger partial charge >= 0.3 is 7.82 Å². The zero-order chi connectivity index (χ0) is 42.8. The molecule has 3 N–H and O–H groups in total. The molecule has 0 aliphatic heterocycles. The van der Waals surface area contributed by atoms with Crippen LogP contribution in [0.3, 0.4) is 0 Å². The summed E-state index contributed by atoms with van der Waals surface area (Å²) in [5, 5.41) is 13.8. The molecule has 58 heavy (non-hydrogen) atoms. The molecule has 9 heteroatoms. The fraction of sp³-hybridized carbons (Fsp3) is 0.816. The molecule has 0 spiro atoms. The molecule has 0 fully saturated rings. The summed E-state index contributed by atoms with van der Waals surface area (Å²) < 4.78 is 23.6. The zero-order valence-electron chi connectivity index (χ0n) is 38.5. The smallest absolute Gasteiger partial charge is 0.387 e. The van der Waals surface area contributed by atoms with Gasteiger partial charge in [0.15, 0.2) is 0 Å². The number of carbonyl (C=O) groups is 1. The van der Waals surface area contributed by atoms with Gasteiger partial charge in [-0.05, 0) is 57.8 Å². The summed E-state index contributed by atoms with van der Waals surface area (Å²) in [6, 6.07) is -0.870. The third-order valence-electron chi connectivity index (χ3n) is 10.5. The summed E-state index contributed by atoms with van der Waals surface area (Å²) in [7, 11) is 1.54. The Morgan fingerprint density at radius 2 is 1.02 bits per heavy atom. The van der Waals surface area contributed by atoms with Gasteiger partial charge in [-0.3, -0.25) is 13.8 Å². The average Bonchev–Trinajstić information content (AvgIpc) is 3.17. The minimum absolute atomic E-state index is 0.0521. The summed E-state index contributed by atoms with van der Waals surface area (Å²) in [5.74, 6) is -0.202. The molecule has 0 radical (unpaired) electrons. The van der Waals surface area contributed by atoms with Crippen LogP contribution in [-0.2, 0) is 18.4 Å². The zero-order valence-corrected chi connectivity index (χ0v) is 39.4. The van der Waals surface area contributed by atoms with Gasteiger partial charge in [0, 0.05) is 6.42 Å². The maximum Gasteiger partial charge on any atom is 0.472 e. The minimum Gasteiger partial charge on any atom is -0.387 e. The van der Waals surface area contributed by atoms with E-state index in [2.05, 4.69) is 55.6 Å². The molecule has 340 valence electrons. The van der Waals surface area contributed by atoms with Crippen molar-refractivity contribution in [2.45, 2.75) is 219 Å². The van der Waals surface area contributed by atoms with Gasteiger partial charge in [-0.15, -0.1) is 0 Å². The van der Waals surface area contributed by atoms with E-state index < -0.39 is 20.0 Å². The van der Waals surface area contributed by atoms with Crippen LogP contribution in [0.1, 0.15) is 206 Å². The lowest BCUT2D eigenvalue weighted by Crippen LogP contribution is -2.45. The van der Waals surface area contributed by atoms with E-state index in [0.717, 1.165) is 64.2 Å². The van der Waals surface area contributed by atoms with Crippen molar-refractivity contribution in [3.63, 3.8) is 0 Å². The van der Waals surface area contributed by atoms with Crippen molar-refractivity contribution in [3.05, 3.63) is 48.6 Å². The molecule has 0 aromatic heterocycles. The number of phosphoric acid groups is 1. The molecule has 0 saturated heterocycles. The fourth-order valence-electron chi connectivity index (χ4n) is 6.66. The highest BCUT2D eigenvalue weighted by Crippen LogP contribution is 2.43. The van der Waals surface area contributed by atoms with Crippen molar-refractivity contribution in [1.82, 2.24) is 5.32 Å². The number of carbonyl (C=O) groups excluding carboxylic acids is 1. The van der Waals surface area contributed by atoms with Crippen LogP contribution < -0.4 is 5.32 Å². The van der Waals surface area contributed by atoms with Crippen molar-refractivity contribution >= 4 is 13.7 Å². The van der Waals surface area contributed by atoms with Gasteiger partial charge < -0.3 is 19.8 Å². The number of nitrogens with zero attached hydrogens (tertiary/aromatic N) is 1. The fourth-order valence-corrected chi connectivity index (χ4v) is 7.40. The van der Waals surface area contributed by atoms with Crippen LogP contribution in [-0.4, -0.2) is 73.4 Å². The number of hydrogen-bond acceptors (Lipinski definition) is 5. The Balaban J connectivity index is 4.40. The number of likely N-dealkylation sites (N-methyl/N-ethyl adjacent to an activating group) is 1. The minimum atomic E-state index is -4.35. The molecule has 0 bridgehead atoms. The van der Waals surface area contributed by atoms with Crippen molar-refractivity contribution in [3.8, 4) is 0 Å². The standard InChI is InChI=1S/C49H93N2O6P/c1-6-8-10-12-14-16-18-20-22-23-24-25-26-27-28-29-30-32-34-36-38-40-42-48(52)47(46-57-58(54,55)56-45-44-51(3,4)5)50-49(53)43-41-39-37-35-33-31-21-19-17-15-13-11-9-7-2/h13,15,19,21,32,34,40,42,47-48,52H,6-12,14,16-18,20,22-31,33,35-39,41,43-46H2,1-5H3,(H-,50,53,54,55)/p+1/b15-13-,21-19-,34-32+,42-40+. The van der Waals surface area contributed by atoms with E-state index in [-0.39, 0.29) is 19.1 Å². The van der Waals surface area contributed by atoms with E-state index in [0.29, 0.717) is 17.4 Å². The second-order valence-corrected chi connectivity index (χ2v) is 18.9. The van der Waals surface area contributed by atoms with Crippen LogP contribution >= 0.6 is 7.82 Å². The molecule has 0 rings (SSSR count). The Kier molecular flexibility index (Phi) is 39.8. The average molecular weight is 838 g/mol. The molecule has 3 unspecified atom stereocenters. The normalized spacial score (nSPS) is 14.7. The largest absolute Gasteiger partial charge is 0.472 e. The molecule has 0 aromatic carbocycles. The van der Waals surface area contributed by atoms with Crippen LogP contribution in [0.25, 0.3) is 0 Å². The highest BCUT2D eigenvalue weighted by atomic mass is 31.2. The lowest BCUT2D eigenvalue weighted by molar-refractivity contribution is -0.870. The SMILES string of the molecule is CCCC/C=C\C/C=C\CCCCCCCC(=O)NC(COP(=O)(O)OCC[N+](C)(C)C)C(O)/C=C/CC/C=C/CCCCCCCCCCCCCCCCCC. The number of aliphatic hydroxyl groups excluding tert-OH is 1. The van der Waals surface area contributed by atoms with Gasteiger partial charge in [0.1, 0.15) is 13.2 Å². The third kappa shape index (κ3) is 42.6. The summed E-state index contributed by atoms with van der Waals surface area (Å²) in [5.41, 5.74) is 0. The van der Waals surface area contributed by atoms with E-state index >= 15 is 0 Å². The topological polar surface area (TPSA) is 105 Å². The second kappa shape index (κ2) is 40.8. The Labute approximate surface area is 359 Å². The predicted octanol–water partition coefficient (Wildman–Crippen LogP) is 13.6. The summed E-state index contributed by atoms with van der Waals surface area (Å²) in [6.07, 6.45) is 51.9. The Bertz CT molecular complexity index is 1090. The first-order valence-corrected chi connectivity index (χ1v) is 25.5. The lowest BCUT2D eigenvalue weighted by atomic mass is 10.0. The Morgan fingerprint density at radius 3 is 1.53 bits per heavy atom. The van der Waals surface area contributed by atoms with Gasteiger partial charge in [0.25, 0.3) is 0 Å². The van der Waals surface area contributed by atoms with Crippen molar-refractivity contribution < 1.29 is 32.9 Å². The van der Waals surface area contributed by atoms with Crippen molar-refractivity contribution in [1.29, 1.82) is 0 Å². The number of nitrogens with one attached hydrogen (secondary N) is 1. The van der Waals surface area contributed by atoms with E-state index in [1.165, 1.54) is 122 Å². The van der Waals surface area contributed by atoms with Crippen LogP contribution in [0, 0.1) is 0 Å². The maximum atomic E-state index is 12.9. The summed E-state index contributed by atoms with van der Waals surface area (Å²) in [6.45, 7) is 4.74. The number of phosphoric ester groups is 1. The predicted molar refractivity (Wildman–Crippen MR) is 249 cm³/mol. The quantitative estimate of drug-likeness (QED) is 0.0244. The molecular weight excluding hydrogens is 744 g/mol. The van der Waals surface area contributed by atoms with Crippen LogP contribution in [0.5, 0.6) is 0 Å². The van der Waals surface area contributed by atoms with Gasteiger partial charge in [-0.25, -0.2) is 4.57 Å². The molecular formula is C49H94N2O6P+. The van der Waals surface area contributed by atoms with Crippen molar-refractivity contribution in [2.75, 3.05) is 40.9 Å². The van der Waals surface area contributed by atoms with Crippen LogP contribution in [0.15, 0.2) is 48.6 Å². The van der Waals surface area contributed by atoms with E-state index in [9.17, 15) is 19.4 Å². The van der Waals surface area contributed by atoms with Crippen LogP contribution in [0.2, 0.25) is 0 Å². The highest BCUT2D eigenvalue weighted by molar-refractivity contribution is 7.47. The monoisotopic (exact) mass is 838 g/mol. The second-order valence-electron chi connectivity index (χ2n) is 17.5. The number of aliphatic hydroxyl groups is 1. The van der Waals surface area contributed by atoms with E-state index in [1.54, 1.807) is 6.08 Å². The molecule has 0 heterocycles. The molecule has 0 aromatic rings. The lowest BCUT2D eigenvalue weighted by Gasteiger charge is -2.25. The number of allylic oxidation sites excluding steroid dienone is 7. The molecule has 0 aliphatic carbocycles. The molecule has 0 aliphatic rings. The van der Waals surface area contributed by atoms with Crippen molar-refractivity contribution in [2.24, 2.45) is 0 Å². The molecule has 3 atom stereocenters. The van der Waals surface area contributed by atoms with Gasteiger partial charge in [0.05, 0.1) is 39.9 Å². The molecule has 8 nitrogen and oxygen atoms in total. The first-order valence-electron chi connectivity index (χ1n) is 24.0.